The van der Waals surface area contributed by atoms with Crippen LogP contribution in [0, 0.1) is 18.8 Å². The zero-order valence-electron chi connectivity index (χ0n) is 12.5. The molecule has 1 fully saturated rings. The molecule has 1 N–H and O–H groups in total. The Kier molecular flexibility index (Phi) is 5.46. The number of furan rings is 1. The smallest absolute Gasteiger partial charge is 0.118 e. The Labute approximate surface area is 116 Å². The van der Waals surface area contributed by atoms with Gasteiger partial charge < -0.3 is 14.5 Å². The zero-order valence-corrected chi connectivity index (χ0v) is 12.5. The van der Waals surface area contributed by atoms with Crippen molar-refractivity contribution >= 4 is 0 Å². The first kappa shape index (κ1) is 14.6. The lowest BCUT2D eigenvalue weighted by Crippen LogP contribution is -2.18. The third kappa shape index (κ3) is 5.37. The van der Waals surface area contributed by atoms with Gasteiger partial charge in [0.2, 0.25) is 0 Å². The molecule has 0 spiro atoms. The molecule has 0 bridgehead atoms. The van der Waals surface area contributed by atoms with Crippen molar-refractivity contribution in [1.29, 1.82) is 0 Å². The third-order valence-corrected chi connectivity index (χ3v) is 3.55. The summed E-state index contributed by atoms with van der Waals surface area (Å²) in [6.07, 6.45) is 4.03. The van der Waals surface area contributed by atoms with Gasteiger partial charge in [-0.1, -0.05) is 26.7 Å². The average Bonchev–Trinajstić information content (AvgIpc) is 3.10. The molecule has 0 atom stereocenters. The average molecular weight is 265 g/mol. The third-order valence-electron chi connectivity index (χ3n) is 3.55. The first-order chi connectivity index (χ1) is 9.15. The van der Waals surface area contributed by atoms with E-state index in [-0.39, 0.29) is 0 Å². The second kappa shape index (κ2) is 7.11. The first-order valence-electron chi connectivity index (χ1n) is 7.51. The predicted molar refractivity (Wildman–Crippen MR) is 77.0 cm³/mol. The molecule has 19 heavy (non-hydrogen) atoms. The van der Waals surface area contributed by atoms with Crippen LogP contribution in [0.1, 0.15) is 50.2 Å². The van der Waals surface area contributed by atoms with E-state index in [4.69, 9.17) is 9.15 Å². The molecule has 1 aromatic heterocycles. The Balaban J connectivity index is 1.68. The lowest BCUT2D eigenvalue weighted by atomic mass is 10.2. The van der Waals surface area contributed by atoms with Crippen LogP contribution in [0.4, 0.5) is 0 Å². The highest BCUT2D eigenvalue weighted by Crippen LogP contribution is 2.32. The molecule has 1 saturated carbocycles. The van der Waals surface area contributed by atoms with Crippen molar-refractivity contribution < 1.29 is 9.15 Å². The Morgan fingerprint density at radius 2 is 2.21 bits per heavy atom. The quantitative estimate of drug-likeness (QED) is 0.692. The van der Waals surface area contributed by atoms with E-state index in [1.165, 1.54) is 24.8 Å². The van der Waals surface area contributed by atoms with E-state index in [1.54, 1.807) is 0 Å². The van der Waals surface area contributed by atoms with Gasteiger partial charge in [0.25, 0.3) is 0 Å². The molecule has 0 saturated heterocycles. The van der Waals surface area contributed by atoms with Crippen LogP contribution in [0.2, 0.25) is 0 Å². The minimum Gasteiger partial charge on any atom is -0.465 e. The summed E-state index contributed by atoms with van der Waals surface area (Å²) in [6.45, 7) is 9.83. The fourth-order valence-corrected chi connectivity index (χ4v) is 2.14. The van der Waals surface area contributed by atoms with Crippen LogP contribution in [0.3, 0.4) is 0 Å². The fraction of sp³-hybridized carbons (Fsp3) is 0.750. The molecule has 108 valence electrons. The van der Waals surface area contributed by atoms with Crippen molar-refractivity contribution in [3.05, 3.63) is 23.2 Å². The summed E-state index contributed by atoms with van der Waals surface area (Å²) in [5.74, 6) is 3.62. The van der Waals surface area contributed by atoms with Crippen molar-refractivity contribution in [3.8, 4) is 0 Å². The van der Waals surface area contributed by atoms with Gasteiger partial charge in [0.15, 0.2) is 0 Å². The normalized spacial score (nSPS) is 15.4. The Morgan fingerprint density at radius 1 is 1.42 bits per heavy atom. The monoisotopic (exact) mass is 265 g/mol. The minimum absolute atomic E-state index is 0.668. The summed E-state index contributed by atoms with van der Waals surface area (Å²) in [5, 5.41) is 3.40. The fourth-order valence-electron chi connectivity index (χ4n) is 2.14. The lowest BCUT2D eigenvalue weighted by Gasteiger charge is -2.04. The van der Waals surface area contributed by atoms with Crippen LogP contribution in [0.5, 0.6) is 0 Å². The van der Waals surface area contributed by atoms with E-state index >= 15 is 0 Å². The van der Waals surface area contributed by atoms with Crippen LogP contribution in [0.25, 0.3) is 0 Å². The minimum atomic E-state index is 0.668. The van der Waals surface area contributed by atoms with Gasteiger partial charge in [0.05, 0.1) is 13.2 Å². The molecule has 0 amide bonds. The molecular formula is C16H27NO2. The standard InChI is InChI=1S/C16H27NO2/c1-12(2)9-17-10-16-8-15(13(3)19-16)11-18-7-6-14-4-5-14/h8,12,14,17H,4-7,9-11H2,1-3H3. The summed E-state index contributed by atoms with van der Waals surface area (Å²) < 4.78 is 11.5. The molecule has 2 rings (SSSR count). The van der Waals surface area contributed by atoms with E-state index in [1.807, 2.05) is 6.92 Å². The van der Waals surface area contributed by atoms with Crippen molar-refractivity contribution in [2.24, 2.45) is 11.8 Å². The largest absolute Gasteiger partial charge is 0.465 e. The Morgan fingerprint density at radius 3 is 2.89 bits per heavy atom. The number of aryl methyl sites for hydroxylation is 1. The maximum Gasteiger partial charge on any atom is 0.118 e. The van der Waals surface area contributed by atoms with E-state index in [2.05, 4.69) is 25.2 Å². The SMILES string of the molecule is Cc1oc(CNCC(C)C)cc1COCCC1CC1. The lowest BCUT2D eigenvalue weighted by molar-refractivity contribution is 0.114. The van der Waals surface area contributed by atoms with E-state index in [0.717, 1.165) is 37.1 Å². The van der Waals surface area contributed by atoms with Crippen molar-refractivity contribution in [2.45, 2.75) is 53.2 Å². The van der Waals surface area contributed by atoms with Crippen LogP contribution >= 0.6 is 0 Å². The summed E-state index contributed by atoms with van der Waals surface area (Å²) in [5.41, 5.74) is 1.19. The Bertz CT molecular complexity index is 380. The molecule has 3 nitrogen and oxygen atoms in total. The van der Waals surface area contributed by atoms with Crippen molar-refractivity contribution in [3.63, 3.8) is 0 Å². The summed E-state index contributed by atoms with van der Waals surface area (Å²) >= 11 is 0. The number of hydrogen-bond donors (Lipinski definition) is 1. The van der Waals surface area contributed by atoms with Gasteiger partial charge in [-0.15, -0.1) is 0 Å². The summed E-state index contributed by atoms with van der Waals surface area (Å²) in [6, 6.07) is 2.12. The molecule has 0 radical (unpaired) electrons. The van der Waals surface area contributed by atoms with Gasteiger partial charge in [-0.05, 0) is 37.8 Å². The van der Waals surface area contributed by atoms with E-state index in [9.17, 15) is 0 Å². The van der Waals surface area contributed by atoms with Gasteiger partial charge in [-0.3, -0.25) is 0 Å². The molecule has 1 aliphatic carbocycles. The topological polar surface area (TPSA) is 34.4 Å². The highest BCUT2D eigenvalue weighted by atomic mass is 16.5. The molecular weight excluding hydrogens is 238 g/mol. The van der Waals surface area contributed by atoms with Crippen molar-refractivity contribution in [2.75, 3.05) is 13.2 Å². The highest BCUT2D eigenvalue weighted by Gasteiger charge is 2.20. The van der Waals surface area contributed by atoms with Gasteiger partial charge >= 0.3 is 0 Å². The Hall–Kier alpha value is -0.800. The molecule has 1 aliphatic rings. The molecule has 3 heteroatoms. The van der Waals surface area contributed by atoms with Crippen LogP contribution in [0.15, 0.2) is 10.5 Å². The van der Waals surface area contributed by atoms with Crippen LogP contribution in [-0.2, 0) is 17.9 Å². The maximum atomic E-state index is 5.74. The second-order valence-corrected chi connectivity index (χ2v) is 6.10. The zero-order chi connectivity index (χ0) is 13.7. The molecule has 1 heterocycles. The number of rotatable bonds is 9. The second-order valence-electron chi connectivity index (χ2n) is 6.10. The highest BCUT2D eigenvalue weighted by molar-refractivity contribution is 5.19. The summed E-state index contributed by atoms with van der Waals surface area (Å²) in [4.78, 5) is 0. The molecule has 0 aliphatic heterocycles. The van der Waals surface area contributed by atoms with Gasteiger partial charge in [-0.25, -0.2) is 0 Å². The van der Waals surface area contributed by atoms with Crippen LogP contribution in [-0.4, -0.2) is 13.2 Å². The van der Waals surface area contributed by atoms with Gasteiger partial charge in [0, 0.05) is 12.2 Å². The number of nitrogens with one attached hydrogen (secondary N) is 1. The van der Waals surface area contributed by atoms with Crippen LogP contribution < -0.4 is 5.32 Å². The maximum absolute atomic E-state index is 5.74. The van der Waals surface area contributed by atoms with Gasteiger partial charge in [0.1, 0.15) is 11.5 Å². The van der Waals surface area contributed by atoms with Crippen molar-refractivity contribution in [1.82, 2.24) is 5.32 Å². The van der Waals surface area contributed by atoms with E-state index < -0.39 is 0 Å². The van der Waals surface area contributed by atoms with Gasteiger partial charge in [-0.2, -0.15) is 0 Å². The predicted octanol–water partition coefficient (Wildman–Crippen LogP) is 3.65. The molecule has 0 unspecified atom stereocenters. The number of ether oxygens (including phenoxy) is 1. The first-order valence-corrected chi connectivity index (χ1v) is 7.51. The molecule has 0 aromatic carbocycles. The number of hydrogen-bond acceptors (Lipinski definition) is 3. The summed E-state index contributed by atoms with van der Waals surface area (Å²) in [7, 11) is 0. The van der Waals surface area contributed by atoms with E-state index in [0.29, 0.717) is 12.5 Å². The molecule has 1 aromatic rings.